The molecule has 1 aromatic rings. The summed E-state index contributed by atoms with van der Waals surface area (Å²) in [4.78, 5) is 2.11. The van der Waals surface area contributed by atoms with Gasteiger partial charge in [-0.2, -0.15) is 13.2 Å². The van der Waals surface area contributed by atoms with Crippen LogP contribution in [-0.4, -0.2) is 29.3 Å². The lowest BCUT2D eigenvalue weighted by atomic mass is 10.0. The summed E-state index contributed by atoms with van der Waals surface area (Å²) in [7, 11) is 0. The van der Waals surface area contributed by atoms with Crippen LogP contribution in [0.3, 0.4) is 0 Å². The fourth-order valence-corrected chi connectivity index (χ4v) is 2.30. The average Bonchev–Trinajstić information content (AvgIpc) is 2.80. The number of aliphatic hydroxyl groups excluding tert-OH is 1. The van der Waals surface area contributed by atoms with E-state index >= 15 is 0 Å². The Hall–Kier alpha value is -1.07. The number of alkyl halides is 3. The maximum atomic E-state index is 12.6. The van der Waals surface area contributed by atoms with E-state index in [9.17, 15) is 18.3 Å². The normalized spacial score (nSPS) is 19.1. The molecule has 1 aliphatic heterocycles. The van der Waals surface area contributed by atoms with E-state index in [4.69, 9.17) is 0 Å². The van der Waals surface area contributed by atoms with Crippen LogP contribution in [0.5, 0.6) is 0 Å². The van der Waals surface area contributed by atoms with Gasteiger partial charge >= 0.3 is 6.18 Å². The molecule has 1 atom stereocenters. The molecule has 2 nitrogen and oxygen atoms in total. The predicted molar refractivity (Wildman–Crippen MR) is 62.0 cm³/mol. The molecule has 18 heavy (non-hydrogen) atoms. The van der Waals surface area contributed by atoms with Crippen LogP contribution in [-0.2, 0) is 6.54 Å². The summed E-state index contributed by atoms with van der Waals surface area (Å²) in [6, 6.07) is 6.24. The molecule has 1 heterocycles. The van der Waals surface area contributed by atoms with Crippen molar-refractivity contribution in [2.75, 3.05) is 13.1 Å². The SMILES string of the molecule is OC(c1ccccc1CN1CCCC1)C(F)(F)F. The number of aliphatic hydroxyl groups is 1. The van der Waals surface area contributed by atoms with Gasteiger partial charge in [-0.25, -0.2) is 0 Å². The molecule has 0 radical (unpaired) electrons. The first-order valence-electron chi connectivity index (χ1n) is 6.03. The van der Waals surface area contributed by atoms with Crippen LogP contribution in [0.2, 0.25) is 0 Å². The molecule has 1 N–H and O–H groups in total. The van der Waals surface area contributed by atoms with E-state index in [-0.39, 0.29) is 5.56 Å². The quantitative estimate of drug-likeness (QED) is 0.902. The van der Waals surface area contributed by atoms with Gasteiger partial charge < -0.3 is 5.11 Å². The topological polar surface area (TPSA) is 23.5 Å². The standard InChI is InChI=1S/C13H16F3NO/c14-13(15,16)12(18)11-6-2-1-5-10(11)9-17-7-3-4-8-17/h1-2,5-6,12,18H,3-4,7-9H2. The summed E-state index contributed by atoms with van der Waals surface area (Å²) in [5.41, 5.74) is 0.529. The van der Waals surface area contributed by atoms with Crippen molar-refractivity contribution in [3.63, 3.8) is 0 Å². The number of halogens is 3. The van der Waals surface area contributed by atoms with Gasteiger partial charge in [-0.05, 0) is 37.1 Å². The summed E-state index contributed by atoms with van der Waals surface area (Å²) < 4.78 is 37.7. The third-order valence-corrected chi connectivity index (χ3v) is 3.25. The van der Waals surface area contributed by atoms with Crippen molar-refractivity contribution in [2.45, 2.75) is 31.7 Å². The zero-order chi connectivity index (χ0) is 13.2. The molecule has 0 aromatic heterocycles. The van der Waals surface area contributed by atoms with E-state index in [0.29, 0.717) is 12.1 Å². The molecule has 1 unspecified atom stereocenters. The van der Waals surface area contributed by atoms with Crippen LogP contribution in [0.15, 0.2) is 24.3 Å². The second kappa shape index (κ2) is 5.28. The van der Waals surface area contributed by atoms with Crippen molar-refractivity contribution >= 4 is 0 Å². The van der Waals surface area contributed by atoms with E-state index in [1.807, 2.05) is 0 Å². The van der Waals surface area contributed by atoms with E-state index in [1.165, 1.54) is 12.1 Å². The number of likely N-dealkylation sites (tertiary alicyclic amines) is 1. The molecule has 1 saturated heterocycles. The Kier molecular flexibility index (Phi) is 3.92. The molecule has 0 spiro atoms. The van der Waals surface area contributed by atoms with Crippen LogP contribution in [0.4, 0.5) is 13.2 Å². The highest BCUT2D eigenvalue weighted by Crippen LogP contribution is 2.34. The Morgan fingerprint density at radius 1 is 1.17 bits per heavy atom. The van der Waals surface area contributed by atoms with Crippen molar-refractivity contribution in [2.24, 2.45) is 0 Å². The Balaban J connectivity index is 2.19. The van der Waals surface area contributed by atoms with Crippen LogP contribution in [0, 0.1) is 0 Å². The molecular formula is C13H16F3NO. The molecule has 1 aromatic carbocycles. The fraction of sp³-hybridized carbons (Fsp3) is 0.538. The first kappa shape index (κ1) is 13.4. The average molecular weight is 259 g/mol. The van der Waals surface area contributed by atoms with Crippen molar-refractivity contribution < 1.29 is 18.3 Å². The first-order valence-corrected chi connectivity index (χ1v) is 6.03. The smallest absolute Gasteiger partial charge is 0.379 e. The molecule has 0 amide bonds. The zero-order valence-corrected chi connectivity index (χ0v) is 9.95. The van der Waals surface area contributed by atoms with Gasteiger partial charge in [-0.3, -0.25) is 4.90 Å². The Morgan fingerprint density at radius 2 is 1.78 bits per heavy atom. The number of hydrogen-bond donors (Lipinski definition) is 1. The molecule has 0 saturated carbocycles. The molecule has 5 heteroatoms. The van der Waals surface area contributed by atoms with Gasteiger partial charge in [0.1, 0.15) is 0 Å². The van der Waals surface area contributed by atoms with Crippen LogP contribution in [0.25, 0.3) is 0 Å². The molecular weight excluding hydrogens is 243 g/mol. The minimum atomic E-state index is -4.61. The first-order chi connectivity index (χ1) is 8.48. The molecule has 1 aliphatic rings. The Morgan fingerprint density at radius 3 is 2.39 bits per heavy atom. The van der Waals surface area contributed by atoms with Gasteiger partial charge in [0, 0.05) is 6.54 Å². The lowest BCUT2D eigenvalue weighted by molar-refractivity contribution is -0.207. The van der Waals surface area contributed by atoms with E-state index in [0.717, 1.165) is 25.9 Å². The Bertz CT molecular complexity index is 399. The van der Waals surface area contributed by atoms with E-state index in [2.05, 4.69) is 4.90 Å². The molecule has 0 aliphatic carbocycles. The third kappa shape index (κ3) is 3.03. The van der Waals surface area contributed by atoms with Gasteiger partial charge in [-0.15, -0.1) is 0 Å². The van der Waals surface area contributed by atoms with E-state index < -0.39 is 12.3 Å². The van der Waals surface area contributed by atoms with Gasteiger partial charge in [-0.1, -0.05) is 24.3 Å². The number of rotatable bonds is 3. The highest BCUT2D eigenvalue weighted by Gasteiger charge is 2.40. The summed E-state index contributed by atoms with van der Waals surface area (Å²) >= 11 is 0. The molecule has 1 fully saturated rings. The van der Waals surface area contributed by atoms with Gasteiger partial charge in [0.15, 0.2) is 6.10 Å². The fourth-order valence-electron chi connectivity index (χ4n) is 2.30. The minimum absolute atomic E-state index is 0.0306. The Labute approximate surface area is 104 Å². The second-order valence-electron chi connectivity index (χ2n) is 4.63. The highest BCUT2D eigenvalue weighted by molar-refractivity contribution is 5.30. The highest BCUT2D eigenvalue weighted by atomic mass is 19.4. The van der Waals surface area contributed by atoms with Crippen molar-refractivity contribution in [1.29, 1.82) is 0 Å². The monoisotopic (exact) mass is 259 g/mol. The van der Waals surface area contributed by atoms with Crippen LogP contribution >= 0.6 is 0 Å². The lowest BCUT2D eigenvalue weighted by Crippen LogP contribution is -2.24. The third-order valence-electron chi connectivity index (χ3n) is 3.25. The largest absolute Gasteiger partial charge is 0.418 e. The molecule has 100 valence electrons. The van der Waals surface area contributed by atoms with Crippen LogP contribution < -0.4 is 0 Å². The number of nitrogens with zero attached hydrogens (tertiary/aromatic N) is 1. The van der Waals surface area contributed by atoms with E-state index in [1.54, 1.807) is 12.1 Å². The number of benzene rings is 1. The lowest BCUT2D eigenvalue weighted by Gasteiger charge is -2.21. The molecule has 0 bridgehead atoms. The van der Waals surface area contributed by atoms with Gasteiger partial charge in [0.2, 0.25) is 0 Å². The maximum absolute atomic E-state index is 12.6. The van der Waals surface area contributed by atoms with Crippen molar-refractivity contribution in [3.8, 4) is 0 Å². The summed E-state index contributed by atoms with van der Waals surface area (Å²) in [6.07, 6.45) is -4.83. The maximum Gasteiger partial charge on any atom is 0.418 e. The predicted octanol–water partition coefficient (Wildman–Crippen LogP) is 2.88. The van der Waals surface area contributed by atoms with Crippen molar-refractivity contribution in [1.82, 2.24) is 4.90 Å². The zero-order valence-electron chi connectivity index (χ0n) is 9.95. The van der Waals surface area contributed by atoms with Gasteiger partial charge in [0.05, 0.1) is 0 Å². The second-order valence-corrected chi connectivity index (χ2v) is 4.63. The van der Waals surface area contributed by atoms with Crippen molar-refractivity contribution in [3.05, 3.63) is 35.4 Å². The van der Waals surface area contributed by atoms with Crippen LogP contribution in [0.1, 0.15) is 30.1 Å². The minimum Gasteiger partial charge on any atom is -0.379 e. The molecule has 2 rings (SSSR count). The summed E-state index contributed by atoms with van der Waals surface area (Å²) in [5.74, 6) is 0. The summed E-state index contributed by atoms with van der Waals surface area (Å²) in [6.45, 7) is 2.30. The van der Waals surface area contributed by atoms with Gasteiger partial charge in [0.25, 0.3) is 0 Å². The number of hydrogen-bond acceptors (Lipinski definition) is 2. The summed E-state index contributed by atoms with van der Waals surface area (Å²) in [5, 5.41) is 9.37.